The summed E-state index contributed by atoms with van der Waals surface area (Å²) in [5, 5.41) is 3.27. The molecule has 1 unspecified atom stereocenters. The molecule has 0 amide bonds. The van der Waals surface area contributed by atoms with E-state index in [9.17, 15) is 4.79 Å². The monoisotopic (exact) mass is 182 g/mol. The van der Waals surface area contributed by atoms with Gasteiger partial charge in [-0.05, 0) is 12.5 Å². The Morgan fingerprint density at radius 1 is 1.62 bits per heavy atom. The third-order valence-electron chi connectivity index (χ3n) is 2.51. The highest BCUT2D eigenvalue weighted by Crippen LogP contribution is 2.07. The lowest BCUT2D eigenvalue weighted by Gasteiger charge is -2.32. The van der Waals surface area contributed by atoms with Crippen molar-refractivity contribution in [2.45, 2.75) is 19.4 Å². The van der Waals surface area contributed by atoms with E-state index in [1.807, 2.05) is 6.92 Å². The Morgan fingerprint density at radius 3 is 2.69 bits per heavy atom. The Morgan fingerprint density at radius 2 is 2.23 bits per heavy atom. The van der Waals surface area contributed by atoms with Crippen LogP contribution in [0.15, 0.2) is 12.7 Å². The molecule has 1 fully saturated rings. The smallest absolute Gasteiger partial charge is 0.172 e. The molecule has 1 atom stereocenters. The zero-order valence-electron chi connectivity index (χ0n) is 8.25. The number of carbonyl (C=O) groups is 1. The van der Waals surface area contributed by atoms with E-state index in [4.69, 9.17) is 0 Å². The summed E-state index contributed by atoms with van der Waals surface area (Å²) in [4.78, 5) is 13.7. The standard InChI is InChI=1S/C10H18N2O/c1-3-9(10(13)4-2)12-7-5-11-6-8-12/h4,9,11H,2-3,5-8H2,1H3. The van der Waals surface area contributed by atoms with E-state index in [-0.39, 0.29) is 11.8 Å². The summed E-state index contributed by atoms with van der Waals surface area (Å²) < 4.78 is 0. The lowest BCUT2D eigenvalue weighted by molar-refractivity contribution is -0.119. The lowest BCUT2D eigenvalue weighted by atomic mass is 10.1. The van der Waals surface area contributed by atoms with Gasteiger partial charge in [0.2, 0.25) is 0 Å². The number of carbonyl (C=O) groups excluding carboxylic acids is 1. The van der Waals surface area contributed by atoms with Gasteiger partial charge in [0.15, 0.2) is 5.78 Å². The van der Waals surface area contributed by atoms with Crippen LogP contribution in [-0.4, -0.2) is 42.9 Å². The Kier molecular flexibility index (Phi) is 4.12. The van der Waals surface area contributed by atoms with E-state index < -0.39 is 0 Å². The molecule has 1 heterocycles. The van der Waals surface area contributed by atoms with Crippen molar-refractivity contribution < 1.29 is 4.79 Å². The highest BCUT2D eigenvalue weighted by atomic mass is 16.1. The molecule has 3 nitrogen and oxygen atoms in total. The summed E-state index contributed by atoms with van der Waals surface area (Å²) in [6.07, 6.45) is 2.32. The molecule has 1 saturated heterocycles. The third-order valence-corrected chi connectivity index (χ3v) is 2.51. The van der Waals surface area contributed by atoms with E-state index in [0.717, 1.165) is 32.6 Å². The normalized spacial score (nSPS) is 21.0. The number of nitrogens with one attached hydrogen (secondary N) is 1. The first-order valence-corrected chi connectivity index (χ1v) is 4.90. The number of rotatable bonds is 4. The van der Waals surface area contributed by atoms with Crippen molar-refractivity contribution in [3.8, 4) is 0 Å². The number of nitrogens with zero attached hydrogens (tertiary/aromatic N) is 1. The second-order valence-corrected chi connectivity index (χ2v) is 3.32. The van der Waals surface area contributed by atoms with Crippen LogP contribution in [0.3, 0.4) is 0 Å². The van der Waals surface area contributed by atoms with Gasteiger partial charge in [0, 0.05) is 26.2 Å². The summed E-state index contributed by atoms with van der Waals surface area (Å²) in [5.74, 6) is 0.157. The van der Waals surface area contributed by atoms with Crippen LogP contribution in [0.1, 0.15) is 13.3 Å². The minimum Gasteiger partial charge on any atom is -0.314 e. The van der Waals surface area contributed by atoms with Gasteiger partial charge in [0.25, 0.3) is 0 Å². The predicted molar refractivity (Wildman–Crippen MR) is 53.7 cm³/mol. The zero-order valence-corrected chi connectivity index (χ0v) is 8.25. The van der Waals surface area contributed by atoms with E-state index in [1.165, 1.54) is 6.08 Å². The molecule has 1 aliphatic rings. The molecule has 0 spiro atoms. The molecule has 3 heteroatoms. The molecule has 0 saturated carbocycles. The second kappa shape index (κ2) is 5.14. The van der Waals surface area contributed by atoms with Crippen LogP contribution in [0.5, 0.6) is 0 Å². The summed E-state index contributed by atoms with van der Waals surface area (Å²) in [7, 11) is 0. The van der Waals surface area contributed by atoms with Crippen molar-refractivity contribution in [3.63, 3.8) is 0 Å². The number of hydrogen-bond donors (Lipinski definition) is 1. The molecule has 0 bridgehead atoms. The molecule has 0 radical (unpaired) electrons. The topological polar surface area (TPSA) is 32.3 Å². The maximum atomic E-state index is 11.5. The Balaban J connectivity index is 2.53. The molecular weight excluding hydrogens is 164 g/mol. The quantitative estimate of drug-likeness (QED) is 0.640. The van der Waals surface area contributed by atoms with Gasteiger partial charge in [-0.1, -0.05) is 13.5 Å². The van der Waals surface area contributed by atoms with E-state index in [2.05, 4.69) is 16.8 Å². The molecule has 1 N–H and O–H groups in total. The van der Waals surface area contributed by atoms with Crippen LogP contribution in [0.25, 0.3) is 0 Å². The van der Waals surface area contributed by atoms with Crippen molar-refractivity contribution in [1.29, 1.82) is 0 Å². The molecule has 0 aromatic rings. The van der Waals surface area contributed by atoms with Gasteiger partial charge < -0.3 is 5.32 Å². The molecule has 13 heavy (non-hydrogen) atoms. The van der Waals surface area contributed by atoms with E-state index >= 15 is 0 Å². The van der Waals surface area contributed by atoms with Gasteiger partial charge in [-0.15, -0.1) is 0 Å². The first-order valence-electron chi connectivity index (χ1n) is 4.90. The van der Waals surface area contributed by atoms with Crippen LogP contribution in [0, 0.1) is 0 Å². The molecule has 0 aromatic carbocycles. The molecule has 1 rings (SSSR count). The minimum atomic E-state index is 0.0552. The van der Waals surface area contributed by atoms with Crippen LogP contribution in [0.2, 0.25) is 0 Å². The van der Waals surface area contributed by atoms with E-state index in [0.29, 0.717) is 0 Å². The van der Waals surface area contributed by atoms with Gasteiger partial charge in [-0.3, -0.25) is 9.69 Å². The first-order chi connectivity index (χ1) is 6.29. The second-order valence-electron chi connectivity index (χ2n) is 3.32. The maximum absolute atomic E-state index is 11.5. The number of hydrogen-bond acceptors (Lipinski definition) is 3. The van der Waals surface area contributed by atoms with Gasteiger partial charge in [0.05, 0.1) is 6.04 Å². The average molecular weight is 182 g/mol. The Bertz CT molecular complexity index is 185. The maximum Gasteiger partial charge on any atom is 0.172 e. The molecule has 1 aliphatic heterocycles. The predicted octanol–water partition coefficient (Wildman–Crippen LogP) is 0.425. The van der Waals surface area contributed by atoms with Crippen molar-refractivity contribution in [2.24, 2.45) is 0 Å². The number of ketones is 1. The summed E-state index contributed by atoms with van der Waals surface area (Å²) >= 11 is 0. The lowest BCUT2D eigenvalue weighted by Crippen LogP contribution is -2.50. The summed E-state index contributed by atoms with van der Waals surface area (Å²) in [5.41, 5.74) is 0. The van der Waals surface area contributed by atoms with Gasteiger partial charge in [0.1, 0.15) is 0 Å². The highest BCUT2D eigenvalue weighted by Gasteiger charge is 2.22. The Labute approximate surface area is 79.8 Å². The van der Waals surface area contributed by atoms with Crippen LogP contribution in [0.4, 0.5) is 0 Å². The van der Waals surface area contributed by atoms with Crippen molar-refractivity contribution in [1.82, 2.24) is 10.2 Å². The van der Waals surface area contributed by atoms with Crippen LogP contribution >= 0.6 is 0 Å². The highest BCUT2D eigenvalue weighted by molar-refractivity contribution is 5.93. The van der Waals surface area contributed by atoms with Gasteiger partial charge in [-0.2, -0.15) is 0 Å². The largest absolute Gasteiger partial charge is 0.314 e. The molecule has 0 aromatic heterocycles. The third kappa shape index (κ3) is 2.64. The SMILES string of the molecule is C=CC(=O)C(CC)N1CCNCC1. The molecule has 0 aliphatic carbocycles. The van der Waals surface area contributed by atoms with Gasteiger partial charge >= 0.3 is 0 Å². The van der Waals surface area contributed by atoms with Gasteiger partial charge in [-0.25, -0.2) is 0 Å². The minimum absolute atomic E-state index is 0.0552. The fourth-order valence-electron chi connectivity index (χ4n) is 1.77. The van der Waals surface area contributed by atoms with Crippen molar-refractivity contribution in [2.75, 3.05) is 26.2 Å². The van der Waals surface area contributed by atoms with Crippen molar-refractivity contribution in [3.05, 3.63) is 12.7 Å². The van der Waals surface area contributed by atoms with Crippen LogP contribution in [-0.2, 0) is 4.79 Å². The van der Waals surface area contributed by atoms with E-state index in [1.54, 1.807) is 0 Å². The van der Waals surface area contributed by atoms with Crippen LogP contribution < -0.4 is 5.32 Å². The average Bonchev–Trinajstić information content (AvgIpc) is 2.20. The molecular formula is C10H18N2O. The number of piperazine rings is 1. The fourth-order valence-corrected chi connectivity index (χ4v) is 1.77. The molecule has 74 valence electrons. The summed E-state index contributed by atoms with van der Waals surface area (Å²) in [6.45, 7) is 9.50. The first kappa shape index (κ1) is 10.4. The fraction of sp³-hybridized carbons (Fsp3) is 0.700. The Hall–Kier alpha value is -0.670. The summed E-state index contributed by atoms with van der Waals surface area (Å²) in [6, 6.07) is 0.0552. The van der Waals surface area contributed by atoms with Crippen molar-refractivity contribution >= 4 is 5.78 Å². The zero-order chi connectivity index (χ0) is 9.68.